The van der Waals surface area contributed by atoms with E-state index < -0.39 is 23.7 Å². The molecule has 3 aromatic carbocycles. The molecule has 0 radical (unpaired) electrons. The first-order chi connectivity index (χ1) is 15.5. The minimum Gasteiger partial charge on any atom is -0.394 e. The second kappa shape index (κ2) is 11.4. The third-order valence-electron chi connectivity index (χ3n) is 4.68. The van der Waals surface area contributed by atoms with E-state index in [4.69, 9.17) is 0 Å². The van der Waals surface area contributed by atoms with Crippen LogP contribution in [-0.2, 0) is 11.2 Å². The Kier molecular flexibility index (Phi) is 8.30. The average molecular weight is 497 g/mol. The summed E-state index contributed by atoms with van der Waals surface area (Å²) in [6.07, 6.45) is 0.403. The van der Waals surface area contributed by atoms with E-state index in [1.807, 2.05) is 30.3 Å². The lowest BCUT2D eigenvalue weighted by molar-refractivity contribution is -0.118. The number of halogens is 2. The van der Waals surface area contributed by atoms with Gasteiger partial charge in [0.2, 0.25) is 0 Å². The molecule has 164 valence electrons. The van der Waals surface area contributed by atoms with Crippen LogP contribution in [0, 0.1) is 5.82 Å². The summed E-state index contributed by atoms with van der Waals surface area (Å²) in [5.41, 5.74) is 1.60. The molecule has 1 atom stereocenters. The Morgan fingerprint density at radius 1 is 0.906 bits per heavy atom. The van der Waals surface area contributed by atoms with E-state index in [9.17, 15) is 19.1 Å². The molecule has 0 fully saturated rings. The summed E-state index contributed by atoms with van der Waals surface area (Å²) >= 11 is 3.34. The summed E-state index contributed by atoms with van der Waals surface area (Å²) < 4.78 is 14.0. The highest BCUT2D eigenvalue weighted by Crippen LogP contribution is 2.25. The maximum absolute atomic E-state index is 13.8. The first-order valence-corrected chi connectivity index (χ1v) is 10.7. The number of nitrogens with one attached hydrogen (secondary N) is 2. The molecule has 0 saturated carbocycles. The van der Waals surface area contributed by atoms with E-state index in [-0.39, 0.29) is 16.8 Å². The van der Waals surface area contributed by atoms with E-state index in [2.05, 4.69) is 26.6 Å². The summed E-state index contributed by atoms with van der Waals surface area (Å²) in [6.45, 7) is -0.294. The largest absolute Gasteiger partial charge is 0.394 e. The number of rotatable bonds is 8. The van der Waals surface area contributed by atoms with Crippen molar-refractivity contribution in [3.63, 3.8) is 0 Å². The maximum Gasteiger partial charge on any atom is 0.269 e. The lowest BCUT2D eigenvalue weighted by atomic mass is 10.1. The molecular weight excluding hydrogens is 475 g/mol. The summed E-state index contributed by atoms with van der Waals surface area (Å²) in [6, 6.07) is 22.9. The predicted octanol–water partition coefficient (Wildman–Crippen LogP) is 4.04. The Bertz CT molecular complexity index is 1100. The highest BCUT2D eigenvalue weighted by atomic mass is 79.9. The molecule has 0 aliphatic heterocycles. The Morgan fingerprint density at radius 3 is 2.16 bits per heavy atom. The fourth-order valence-corrected chi connectivity index (χ4v) is 3.60. The van der Waals surface area contributed by atoms with Crippen molar-refractivity contribution in [1.82, 2.24) is 10.6 Å². The Hall–Kier alpha value is -3.29. The molecule has 32 heavy (non-hydrogen) atoms. The van der Waals surface area contributed by atoms with Crippen LogP contribution in [0.25, 0.3) is 4.48 Å². The van der Waals surface area contributed by atoms with Gasteiger partial charge in [-0.15, -0.1) is 0 Å². The van der Waals surface area contributed by atoms with Gasteiger partial charge in [0.1, 0.15) is 11.5 Å². The Balaban J connectivity index is 1.89. The molecular formula is C25H22BrFN2O3. The number of aliphatic hydroxyl groups excluding tert-OH is 1. The van der Waals surface area contributed by atoms with Crippen LogP contribution in [0.15, 0.2) is 90.6 Å². The monoisotopic (exact) mass is 496 g/mol. The third kappa shape index (κ3) is 6.35. The Morgan fingerprint density at radius 2 is 1.53 bits per heavy atom. The smallest absolute Gasteiger partial charge is 0.269 e. The lowest BCUT2D eigenvalue weighted by Crippen LogP contribution is -2.43. The van der Waals surface area contributed by atoms with E-state index >= 15 is 0 Å². The van der Waals surface area contributed by atoms with Crippen molar-refractivity contribution in [2.24, 2.45) is 0 Å². The van der Waals surface area contributed by atoms with E-state index in [0.717, 1.165) is 5.56 Å². The van der Waals surface area contributed by atoms with Gasteiger partial charge in [-0.2, -0.15) is 0 Å². The van der Waals surface area contributed by atoms with Gasteiger partial charge in [-0.1, -0.05) is 60.7 Å². The van der Waals surface area contributed by atoms with Crippen LogP contribution in [0.2, 0.25) is 0 Å². The van der Waals surface area contributed by atoms with Crippen molar-refractivity contribution in [2.45, 2.75) is 12.5 Å². The van der Waals surface area contributed by atoms with Gasteiger partial charge in [0.25, 0.3) is 11.8 Å². The van der Waals surface area contributed by atoms with Crippen molar-refractivity contribution < 1.29 is 19.1 Å². The molecule has 0 aromatic heterocycles. The van der Waals surface area contributed by atoms with Crippen LogP contribution >= 0.6 is 15.9 Å². The number of hydrogen-bond donors (Lipinski definition) is 3. The predicted molar refractivity (Wildman–Crippen MR) is 125 cm³/mol. The first kappa shape index (κ1) is 23.4. The summed E-state index contributed by atoms with van der Waals surface area (Å²) in [5.74, 6) is -1.58. The molecule has 0 saturated heterocycles. The fraction of sp³-hybridized carbons (Fsp3) is 0.120. The zero-order chi connectivity index (χ0) is 22.9. The summed E-state index contributed by atoms with van der Waals surface area (Å²) in [5, 5.41) is 15.2. The number of aliphatic hydroxyl groups is 1. The molecule has 3 rings (SSSR count). The van der Waals surface area contributed by atoms with Crippen LogP contribution in [0.3, 0.4) is 0 Å². The zero-order valence-electron chi connectivity index (χ0n) is 17.1. The lowest BCUT2D eigenvalue weighted by Gasteiger charge is -2.19. The van der Waals surface area contributed by atoms with Crippen molar-refractivity contribution in [3.05, 3.63) is 113 Å². The molecule has 0 bridgehead atoms. The van der Waals surface area contributed by atoms with Crippen molar-refractivity contribution in [1.29, 1.82) is 0 Å². The average Bonchev–Trinajstić information content (AvgIpc) is 2.82. The normalized spacial score (nSPS) is 12.5. The Labute approximate surface area is 194 Å². The molecule has 0 heterocycles. The highest BCUT2D eigenvalue weighted by molar-refractivity contribution is 9.15. The molecule has 5 nitrogen and oxygen atoms in total. The van der Waals surface area contributed by atoms with E-state index in [0.29, 0.717) is 17.5 Å². The molecule has 0 aliphatic rings. The SMILES string of the molecule is O=C(N[C@H](CO)Cc1ccccc1)/C(NC(=O)c1ccccc1)=C(/Br)c1cccc(F)c1. The third-order valence-corrected chi connectivity index (χ3v) is 5.53. The minimum absolute atomic E-state index is 0.0871. The fourth-order valence-electron chi connectivity index (χ4n) is 3.07. The number of amides is 2. The van der Waals surface area contributed by atoms with Crippen molar-refractivity contribution in [3.8, 4) is 0 Å². The first-order valence-electron chi connectivity index (χ1n) is 9.95. The number of hydrogen-bond acceptors (Lipinski definition) is 3. The van der Waals surface area contributed by atoms with Gasteiger partial charge < -0.3 is 15.7 Å². The maximum atomic E-state index is 13.8. The zero-order valence-corrected chi connectivity index (χ0v) is 18.7. The van der Waals surface area contributed by atoms with Gasteiger partial charge >= 0.3 is 0 Å². The van der Waals surface area contributed by atoms with Crippen LogP contribution in [-0.4, -0.2) is 29.6 Å². The summed E-state index contributed by atoms with van der Waals surface area (Å²) in [4.78, 5) is 25.9. The molecule has 0 unspecified atom stereocenters. The molecule has 3 N–H and O–H groups in total. The number of carbonyl (C=O) groups excluding carboxylic acids is 2. The van der Waals surface area contributed by atoms with Gasteiger partial charge in [0.05, 0.1) is 17.1 Å². The van der Waals surface area contributed by atoms with Crippen LogP contribution in [0.4, 0.5) is 4.39 Å². The second-order valence-corrected chi connectivity index (χ2v) is 7.86. The quantitative estimate of drug-likeness (QED) is 0.411. The van der Waals surface area contributed by atoms with Crippen LogP contribution < -0.4 is 10.6 Å². The van der Waals surface area contributed by atoms with E-state index in [1.165, 1.54) is 18.2 Å². The molecule has 7 heteroatoms. The standard InChI is InChI=1S/C25H22BrFN2O3/c26-22(19-12-7-13-20(27)15-19)23(29-24(31)18-10-5-2-6-11-18)25(32)28-21(16-30)14-17-8-3-1-4-9-17/h1-13,15,21,30H,14,16H2,(H,28,32)(H,29,31)/b23-22-/t21-/m0/s1. The van der Waals surface area contributed by atoms with Crippen LogP contribution in [0.5, 0.6) is 0 Å². The minimum atomic E-state index is -0.611. The summed E-state index contributed by atoms with van der Waals surface area (Å²) in [7, 11) is 0. The number of carbonyl (C=O) groups is 2. The number of benzene rings is 3. The van der Waals surface area contributed by atoms with Crippen molar-refractivity contribution >= 4 is 32.2 Å². The van der Waals surface area contributed by atoms with Crippen molar-refractivity contribution in [2.75, 3.05) is 6.61 Å². The molecule has 0 spiro atoms. The topological polar surface area (TPSA) is 78.4 Å². The van der Waals surface area contributed by atoms with Crippen LogP contribution in [0.1, 0.15) is 21.5 Å². The molecule has 3 aromatic rings. The van der Waals surface area contributed by atoms with Gasteiger partial charge in [-0.25, -0.2) is 4.39 Å². The second-order valence-electron chi connectivity index (χ2n) is 7.06. The molecule has 0 aliphatic carbocycles. The van der Waals surface area contributed by atoms with Gasteiger partial charge in [0.15, 0.2) is 0 Å². The van der Waals surface area contributed by atoms with Gasteiger partial charge in [-0.05, 0) is 57.7 Å². The van der Waals surface area contributed by atoms with E-state index in [1.54, 1.807) is 36.4 Å². The molecule has 2 amide bonds. The highest BCUT2D eigenvalue weighted by Gasteiger charge is 2.22. The van der Waals surface area contributed by atoms with Gasteiger partial charge in [0, 0.05) is 5.56 Å². The van der Waals surface area contributed by atoms with Gasteiger partial charge in [-0.3, -0.25) is 9.59 Å².